The third kappa shape index (κ3) is 2.46. The highest BCUT2D eigenvalue weighted by atomic mass is 16.5. The van der Waals surface area contributed by atoms with E-state index in [1.165, 1.54) is 32.1 Å². The summed E-state index contributed by atoms with van der Waals surface area (Å²) in [5.41, 5.74) is 1.21. The molecule has 0 unspecified atom stereocenters. The molecule has 1 fully saturated rings. The van der Waals surface area contributed by atoms with Crippen LogP contribution in [0, 0.1) is 0 Å². The van der Waals surface area contributed by atoms with Gasteiger partial charge in [0.25, 0.3) is 0 Å². The van der Waals surface area contributed by atoms with Crippen molar-refractivity contribution < 1.29 is 4.74 Å². The van der Waals surface area contributed by atoms with Crippen molar-refractivity contribution in [2.24, 2.45) is 0 Å². The first-order valence-electron chi connectivity index (χ1n) is 6.01. The first kappa shape index (κ1) is 11.2. The fraction of sp³-hybridized carbons (Fsp3) is 0.615. The van der Waals surface area contributed by atoms with Gasteiger partial charge in [-0.3, -0.25) is 0 Å². The molecule has 0 aromatic carbocycles. The number of aromatic nitrogens is 1. The van der Waals surface area contributed by atoms with Crippen LogP contribution in [0.15, 0.2) is 18.3 Å². The van der Waals surface area contributed by atoms with Gasteiger partial charge in [0.1, 0.15) is 0 Å². The van der Waals surface area contributed by atoms with Crippen LogP contribution in [0.3, 0.4) is 0 Å². The second-order valence-corrected chi connectivity index (χ2v) is 4.81. The van der Waals surface area contributed by atoms with E-state index in [2.05, 4.69) is 17.2 Å². The number of anilines is 1. The molecular formula is C13H20N2O. The van der Waals surface area contributed by atoms with Crippen molar-refractivity contribution in [2.75, 3.05) is 12.4 Å². The first-order chi connectivity index (χ1) is 7.73. The Kier molecular flexibility index (Phi) is 3.32. The number of pyridine rings is 1. The summed E-state index contributed by atoms with van der Waals surface area (Å²) in [6, 6.07) is 3.97. The molecule has 0 aliphatic heterocycles. The normalized spacial score (nSPS) is 19.1. The maximum atomic E-state index is 5.26. The van der Waals surface area contributed by atoms with Gasteiger partial charge in [0.2, 0.25) is 5.88 Å². The lowest BCUT2D eigenvalue weighted by Crippen LogP contribution is -2.36. The zero-order valence-corrected chi connectivity index (χ0v) is 10.1. The molecule has 0 spiro atoms. The largest absolute Gasteiger partial charge is 0.480 e. The van der Waals surface area contributed by atoms with E-state index in [9.17, 15) is 0 Å². The van der Waals surface area contributed by atoms with Crippen molar-refractivity contribution >= 4 is 5.69 Å². The van der Waals surface area contributed by atoms with Gasteiger partial charge >= 0.3 is 0 Å². The highest BCUT2D eigenvalue weighted by Gasteiger charge is 2.27. The minimum Gasteiger partial charge on any atom is -0.480 e. The average Bonchev–Trinajstić information content (AvgIpc) is 2.30. The Hall–Kier alpha value is -1.25. The van der Waals surface area contributed by atoms with E-state index in [4.69, 9.17) is 4.74 Å². The van der Waals surface area contributed by atoms with E-state index in [1.54, 1.807) is 13.3 Å². The minimum atomic E-state index is 0.203. The standard InChI is InChI=1S/C13H20N2O/c1-13(8-4-3-5-9-13)15-11-7-6-10-14-12(11)16-2/h6-7,10,15H,3-5,8-9H2,1-2H3. The third-order valence-electron chi connectivity index (χ3n) is 3.36. The number of hydrogen-bond donors (Lipinski definition) is 1. The number of hydrogen-bond acceptors (Lipinski definition) is 3. The van der Waals surface area contributed by atoms with Gasteiger partial charge in [-0.05, 0) is 31.9 Å². The highest BCUT2D eigenvalue weighted by Crippen LogP contribution is 2.33. The van der Waals surface area contributed by atoms with Crippen LogP contribution in [0.5, 0.6) is 5.88 Å². The quantitative estimate of drug-likeness (QED) is 0.849. The summed E-state index contributed by atoms with van der Waals surface area (Å²) in [5, 5.41) is 3.59. The first-order valence-corrected chi connectivity index (χ1v) is 6.01. The molecule has 1 aromatic heterocycles. The van der Waals surface area contributed by atoms with Gasteiger partial charge in [-0.2, -0.15) is 0 Å². The lowest BCUT2D eigenvalue weighted by Gasteiger charge is -2.35. The summed E-state index contributed by atoms with van der Waals surface area (Å²) in [5.74, 6) is 0.689. The third-order valence-corrected chi connectivity index (χ3v) is 3.36. The van der Waals surface area contributed by atoms with Gasteiger partial charge in [-0.15, -0.1) is 0 Å². The SMILES string of the molecule is COc1ncccc1NC1(C)CCCCC1. The van der Waals surface area contributed by atoms with Crippen LogP contribution in [0.1, 0.15) is 39.0 Å². The van der Waals surface area contributed by atoms with E-state index < -0.39 is 0 Å². The summed E-state index contributed by atoms with van der Waals surface area (Å²) in [7, 11) is 1.66. The molecule has 16 heavy (non-hydrogen) atoms. The maximum Gasteiger partial charge on any atom is 0.237 e. The number of nitrogens with one attached hydrogen (secondary N) is 1. The van der Waals surface area contributed by atoms with E-state index in [1.807, 2.05) is 12.1 Å². The van der Waals surface area contributed by atoms with Gasteiger partial charge in [-0.25, -0.2) is 4.98 Å². The van der Waals surface area contributed by atoms with Gasteiger partial charge < -0.3 is 10.1 Å². The molecule has 1 aliphatic rings. The Labute approximate surface area is 97.2 Å². The van der Waals surface area contributed by atoms with Gasteiger partial charge in [-0.1, -0.05) is 19.3 Å². The van der Waals surface area contributed by atoms with Crippen LogP contribution in [-0.2, 0) is 0 Å². The van der Waals surface area contributed by atoms with Crippen LogP contribution < -0.4 is 10.1 Å². The molecule has 1 saturated carbocycles. The number of ether oxygens (including phenoxy) is 1. The predicted molar refractivity (Wildman–Crippen MR) is 65.9 cm³/mol. The molecule has 2 rings (SSSR count). The molecule has 0 saturated heterocycles. The van der Waals surface area contributed by atoms with E-state index >= 15 is 0 Å². The number of nitrogens with zero attached hydrogens (tertiary/aromatic N) is 1. The molecule has 0 bridgehead atoms. The Morgan fingerprint density at radius 1 is 1.31 bits per heavy atom. The van der Waals surface area contributed by atoms with E-state index in [0.29, 0.717) is 5.88 Å². The summed E-state index contributed by atoms with van der Waals surface area (Å²) in [4.78, 5) is 4.21. The monoisotopic (exact) mass is 220 g/mol. The minimum absolute atomic E-state index is 0.203. The van der Waals surface area contributed by atoms with Gasteiger partial charge in [0, 0.05) is 11.7 Å². The summed E-state index contributed by atoms with van der Waals surface area (Å²) in [6.07, 6.45) is 8.20. The molecular weight excluding hydrogens is 200 g/mol. The zero-order chi connectivity index (χ0) is 11.4. The second-order valence-electron chi connectivity index (χ2n) is 4.81. The van der Waals surface area contributed by atoms with Crippen molar-refractivity contribution in [1.29, 1.82) is 0 Å². The molecule has 3 heteroatoms. The summed E-state index contributed by atoms with van der Waals surface area (Å²) < 4.78 is 5.26. The van der Waals surface area contributed by atoms with Crippen molar-refractivity contribution in [3.05, 3.63) is 18.3 Å². The molecule has 3 nitrogen and oxygen atoms in total. The zero-order valence-electron chi connectivity index (χ0n) is 10.1. The molecule has 1 N–H and O–H groups in total. The van der Waals surface area contributed by atoms with Crippen LogP contribution in [0.25, 0.3) is 0 Å². The molecule has 0 radical (unpaired) electrons. The summed E-state index contributed by atoms with van der Waals surface area (Å²) >= 11 is 0. The van der Waals surface area contributed by atoms with Crippen LogP contribution in [0.4, 0.5) is 5.69 Å². The van der Waals surface area contributed by atoms with Gasteiger partial charge in [0.05, 0.1) is 12.8 Å². The Bertz CT molecular complexity index is 346. The smallest absolute Gasteiger partial charge is 0.237 e. The van der Waals surface area contributed by atoms with Crippen molar-refractivity contribution in [3.63, 3.8) is 0 Å². The van der Waals surface area contributed by atoms with Crippen molar-refractivity contribution in [2.45, 2.75) is 44.6 Å². The Morgan fingerprint density at radius 2 is 2.06 bits per heavy atom. The number of methoxy groups -OCH3 is 1. The lowest BCUT2D eigenvalue weighted by molar-refractivity contribution is 0.345. The molecule has 88 valence electrons. The van der Waals surface area contributed by atoms with Crippen molar-refractivity contribution in [3.8, 4) is 5.88 Å². The fourth-order valence-corrected chi connectivity index (χ4v) is 2.43. The van der Waals surface area contributed by atoms with Crippen LogP contribution in [0.2, 0.25) is 0 Å². The fourth-order valence-electron chi connectivity index (χ4n) is 2.43. The molecule has 0 atom stereocenters. The lowest BCUT2D eigenvalue weighted by atomic mass is 9.83. The van der Waals surface area contributed by atoms with E-state index in [-0.39, 0.29) is 5.54 Å². The molecule has 1 aliphatic carbocycles. The maximum absolute atomic E-state index is 5.26. The summed E-state index contributed by atoms with van der Waals surface area (Å²) in [6.45, 7) is 2.29. The molecule has 1 heterocycles. The number of rotatable bonds is 3. The Balaban J connectivity index is 2.12. The highest BCUT2D eigenvalue weighted by molar-refractivity contribution is 5.53. The van der Waals surface area contributed by atoms with Gasteiger partial charge in [0.15, 0.2) is 0 Å². The average molecular weight is 220 g/mol. The van der Waals surface area contributed by atoms with E-state index in [0.717, 1.165) is 5.69 Å². The molecule has 1 aromatic rings. The predicted octanol–water partition coefficient (Wildman–Crippen LogP) is 3.22. The molecule has 0 amide bonds. The van der Waals surface area contributed by atoms with Crippen LogP contribution >= 0.6 is 0 Å². The topological polar surface area (TPSA) is 34.1 Å². The Morgan fingerprint density at radius 3 is 2.75 bits per heavy atom. The van der Waals surface area contributed by atoms with Crippen molar-refractivity contribution in [1.82, 2.24) is 4.98 Å². The van der Waals surface area contributed by atoms with Crippen LogP contribution in [-0.4, -0.2) is 17.6 Å². The second kappa shape index (κ2) is 4.73.